The molecule has 0 saturated carbocycles. The molecular formula is C66H52N2S2. The summed E-state index contributed by atoms with van der Waals surface area (Å²) in [5, 5.41) is 5.16. The van der Waals surface area contributed by atoms with E-state index in [4.69, 9.17) is 0 Å². The maximum absolute atomic E-state index is 2.46. The third kappa shape index (κ3) is 7.65. The van der Waals surface area contributed by atoms with Gasteiger partial charge >= 0.3 is 0 Å². The van der Waals surface area contributed by atoms with Crippen molar-refractivity contribution in [2.75, 3.05) is 9.80 Å². The van der Waals surface area contributed by atoms with Crippen molar-refractivity contribution in [3.05, 3.63) is 240 Å². The van der Waals surface area contributed by atoms with Gasteiger partial charge in [-0.25, -0.2) is 0 Å². The Hall–Kier alpha value is -7.76. The molecule has 0 amide bonds. The van der Waals surface area contributed by atoms with Crippen LogP contribution in [0.5, 0.6) is 0 Å². The molecule has 0 N–H and O–H groups in total. The highest BCUT2D eigenvalue weighted by Crippen LogP contribution is 2.47. The minimum atomic E-state index is 1.15. The van der Waals surface area contributed by atoms with Gasteiger partial charge in [-0.2, -0.15) is 0 Å². The second-order valence-electron chi connectivity index (χ2n) is 18.9. The van der Waals surface area contributed by atoms with E-state index in [1.807, 2.05) is 22.7 Å². The lowest BCUT2D eigenvalue weighted by atomic mass is 9.88. The molecule has 0 fully saturated rings. The summed E-state index contributed by atoms with van der Waals surface area (Å²) in [6, 6.07) is 76.4. The minimum absolute atomic E-state index is 1.15. The minimum Gasteiger partial charge on any atom is -0.310 e. The van der Waals surface area contributed by atoms with E-state index in [0.717, 1.165) is 22.7 Å². The summed E-state index contributed by atoms with van der Waals surface area (Å²) in [7, 11) is 0. The van der Waals surface area contributed by atoms with Crippen molar-refractivity contribution in [2.24, 2.45) is 0 Å². The SMILES string of the molecule is Cc1ccccc1N(c1cc(C)c(-c2c(C)cc(N(c3ccc4sc5ccc(-c6ccccc6)cc5c4c3)c3ccccc3C)cc2C)c(C)c1)c1ccc2sc3ccc(-c4ccccc4)cc3c2c1. The zero-order valence-corrected chi connectivity index (χ0v) is 42.0. The number of fused-ring (bicyclic) bond motifs is 6. The van der Waals surface area contributed by atoms with E-state index >= 15 is 0 Å². The highest BCUT2D eigenvalue weighted by Gasteiger charge is 2.23. The van der Waals surface area contributed by atoms with Gasteiger partial charge in [0, 0.05) is 74.5 Å². The number of para-hydroxylation sites is 2. The van der Waals surface area contributed by atoms with E-state index in [1.54, 1.807) is 0 Å². The van der Waals surface area contributed by atoms with Crippen LogP contribution in [0, 0.1) is 41.5 Å². The normalized spacial score (nSPS) is 11.6. The number of nitrogens with zero attached hydrogens (tertiary/aromatic N) is 2. The number of anilines is 6. The molecule has 2 heterocycles. The predicted octanol–water partition coefficient (Wildman–Crippen LogP) is 20.2. The van der Waals surface area contributed by atoms with Gasteiger partial charge in [0.2, 0.25) is 0 Å². The third-order valence-electron chi connectivity index (χ3n) is 14.2. The molecule has 4 heteroatoms. The lowest BCUT2D eigenvalue weighted by Crippen LogP contribution is -2.13. The van der Waals surface area contributed by atoms with E-state index in [1.165, 1.54) is 118 Å². The monoisotopic (exact) mass is 936 g/mol. The number of hydrogen-bond acceptors (Lipinski definition) is 4. The van der Waals surface area contributed by atoms with Crippen molar-refractivity contribution in [1.29, 1.82) is 0 Å². The second-order valence-corrected chi connectivity index (χ2v) is 21.0. The van der Waals surface area contributed by atoms with Crippen LogP contribution in [-0.4, -0.2) is 0 Å². The lowest BCUT2D eigenvalue weighted by Gasteiger charge is -2.30. The average molecular weight is 937 g/mol. The van der Waals surface area contributed by atoms with Gasteiger partial charge in [-0.3, -0.25) is 0 Å². The van der Waals surface area contributed by atoms with Gasteiger partial charge in [0.15, 0.2) is 0 Å². The van der Waals surface area contributed by atoms with Crippen molar-refractivity contribution >= 4 is 97.1 Å². The topological polar surface area (TPSA) is 6.48 Å². The van der Waals surface area contributed by atoms with E-state index in [9.17, 15) is 0 Å². The van der Waals surface area contributed by atoms with Crippen LogP contribution in [0.4, 0.5) is 34.1 Å². The van der Waals surface area contributed by atoms with Crippen LogP contribution in [0.15, 0.2) is 206 Å². The first-order chi connectivity index (χ1) is 34.2. The zero-order valence-electron chi connectivity index (χ0n) is 40.3. The summed E-state index contributed by atoms with van der Waals surface area (Å²) < 4.78 is 5.20. The summed E-state index contributed by atoms with van der Waals surface area (Å²) in [6.07, 6.45) is 0. The summed E-state index contributed by atoms with van der Waals surface area (Å²) in [5.41, 5.74) is 22.0. The summed E-state index contributed by atoms with van der Waals surface area (Å²) in [4.78, 5) is 4.92. The molecule has 12 aromatic rings. The van der Waals surface area contributed by atoms with E-state index in [-0.39, 0.29) is 0 Å². The highest BCUT2D eigenvalue weighted by molar-refractivity contribution is 7.26. The van der Waals surface area contributed by atoms with Crippen LogP contribution in [0.1, 0.15) is 33.4 Å². The predicted molar refractivity (Wildman–Crippen MR) is 306 cm³/mol. The molecule has 0 spiro atoms. The summed E-state index contributed by atoms with van der Waals surface area (Å²) in [6.45, 7) is 13.6. The first-order valence-electron chi connectivity index (χ1n) is 24.1. The summed E-state index contributed by atoms with van der Waals surface area (Å²) >= 11 is 3.74. The number of benzene rings is 10. The van der Waals surface area contributed by atoms with Crippen LogP contribution in [0.2, 0.25) is 0 Å². The van der Waals surface area contributed by atoms with Crippen molar-refractivity contribution in [1.82, 2.24) is 0 Å². The van der Waals surface area contributed by atoms with Crippen molar-refractivity contribution < 1.29 is 0 Å². The first-order valence-corrected chi connectivity index (χ1v) is 25.8. The molecule has 0 bridgehead atoms. The van der Waals surface area contributed by atoms with Gasteiger partial charge in [-0.1, -0.05) is 109 Å². The highest BCUT2D eigenvalue weighted by atomic mass is 32.1. The maximum atomic E-state index is 2.46. The Bertz CT molecular complexity index is 3670. The molecule has 10 aromatic carbocycles. The quantitative estimate of drug-likeness (QED) is 0.142. The van der Waals surface area contributed by atoms with Crippen LogP contribution in [0.3, 0.4) is 0 Å². The number of thiophene rings is 2. The van der Waals surface area contributed by atoms with Gasteiger partial charge in [0.05, 0.1) is 0 Å². The van der Waals surface area contributed by atoms with Crippen molar-refractivity contribution in [3.63, 3.8) is 0 Å². The molecule has 2 aromatic heterocycles. The molecule has 0 aliphatic carbocycles. The first kappa shape index (κ1) is 43.5. The molecule has 0 aliphatic heterocycles. The van der Waals surface area contributed by atoms with Gasteiger partial charge < -0.3 is 9.80 Å². The Labute approximate surface area is 419 Å². The van der Waals surface area contributed by atoms with Gasteiger partial charge in [0.25, 0.3) is 0 Å². The molecule has 338 valence electrons. The Morgan fingerprint density at radius 3 is 0.957 bits per heavy atom. The van der Waals surface area contributed by atoms with Crippen molar-refractivity contribution in [3.8, 4) is 33.4 Å². The van der Waals surface area contributed by atoms with E-state index in [0.29, 0.717) is 0 Å². The molecule has 0 saturated heterocycles. The Morgan fingerprint density at radius 1 is 0.257 bits per heavy atom. The molecule has 0 aliphatic rings. The Kier molecular flexibility index (Phi) is 11.0. The maximum Gasteiger partial charge on any atom is 0.0490 e. The molecule has 70 heavy (non-hydrogen) atoms. The molecule has 12 rings (SSSR count). The fraction of sp³-hybridized carbons (Fsp3) is 0.0909. The average Bonchev–Trinajstić information content (AvgIpc) is 3.93. The molecule has 0 radical (unpaired) electrons. The smallest absolute Gasteiger partial charge is 0.0490 e. The van der Waals surface area contributed by atoms with Crippen LogP contribution >= 0.6 is 22.7 Å². The molecular weight excluding hydrogens is 885 g/mol. The van der Waals surface area contributed by atoms with Gasteiger partial charge in [-0.15, -0.1) is 22.7 Å². The fourth-order valence-electron chi connectivity index (χ4n) is 10.8. The Balaban J connectivity index is 0.956. The van der Waals surface area contributed by atoms with Crippen LogP contribution < -0.4 is 9.80 Å². The molecule has 2 nitrogen and oxygen atoms in total. The van der Waals surface area contributed by atoms with Crippen molar-refractivity contribution in [2.45, 2.75) is 41.5 Å². The molecule has 0 unspecified atom stereocenters. The third-order valence-corrected chi connectivity index (χ3v) is 16.5. The summed E-state index contributed by atoms with van der Waals surface area (Å²) in [5.74, 6) is 0. The van der Waals surface area contributed by atoms with E-state index in [2.05, 4.69) is 258 Å². The second kappa shape index (κ2) is 17.6. The zero-order chi connectivity index (χ0) is 47.6. The lowest BCUT2D eigenvalue weighted by molar-refractivity contribution is 1.22. The van der Waals surface area contributed by atoms with Gasteiger partial charge in [0.1, 0.15) is 0 Å². The van der Waals surface area contributed by atoms with Crippen LogP contribution in [0.25, 0.3) is 73.7 Å². The largest absolute Gasteiger partial charge is 0.310 e. The Morgan fingerprint density at radius 2 is 0.586 bits per heavy atom. The number of hydrogen-bond donors (Lipinski definition) is 0. The number of rotatable bonds is 9. The standard InChI is InChI=1S/C66H52N2S2/c1-41-17-13-15-23-59(41)67(51-27-31-63-57(39-51)55-37-49(25-29-61(55)69-63)47-19-9-7-10-20-47)53-33-43(3)65(44(4)34-53)66-45(5)35-54(36-46(66)6)68(60-24-16-14-18-42(60)2)52-28-32-64-58(40-52)56-38-50(26-30-62(56)70-64)48-21-11-8-12-22-48/h7-40H,1-6H3. The van der Waals surface area contributed by atoms with E-state index < -0.39 is 0 Å². The van der Waals surface area contributed by atoms with Crippen LogP contribution in [-0.2, 0) is 0 Å². The molecule has 0 atom stereocenters. The van der Waals surface area contributed by atoms with Gasteiger partial charge in [-0.05, 0) is 205 Å². The fourth-order valence-corrected chi connectivity index (χ4v) is 13.0. The number of aryl methyl sites for hydroxylation is 6.